The lowest BCUT2D eigenvalue weighted by molar-refractivity contribution is -0.124. The largest absolute Gasteiger partial charge is 0.350 e. The lowest BCUT2D eigenvalue weighted by Crippen LogP contribution is -2.39. The Morgan fingerprint density at radius 2 is 2.21 bits per heavy atom. The topological polar surface area (TPSA) is 62.3 Å². The van der Waals surface area contributed by atoms with Crippen LogP contribution in [0.2, 0.25) is 5.02 Å². The zero-order chi connectivity index (χ0) is 20.3. The van der Waals surface area contributed by atoms with Crippen LogP contribution in [0.25, 0.3) is 0 Å². The number of likely N-dealkylation sites (tertiary alicyclic amines) is 1. The average Bonchev–Trinajstić information content (AvgIpc) is 3.16. The number of nitrogens with one attached hydrogen (secondary N) is 1. The molecule has 5 nitrogen and oxygen atoms in total. The summed E-state index contributed by atoms with van der Waals surface area (Å²) in [7, 11) is 0. The summed E-state index contributed by atoms with van der Waals surface area (Å²) in [4.78, 5) is 30.9. The van der Waals surface area contributed by atoms with Crippen LogP contribution in [0.1, 0.15) is 53.7 Å². The predicted molar refractivity (Wildman–Crippen MR) is 108 cm³/mol. The average molecular weight is 424 g/mol. The van der Waals surface area contributed by atoms with Gasteiger partial charge < -0.3 is 10.2 Å². The van der Waals surface area contributed by atoms with Crippen molar-refractivity contribution in [3.63, 3.8) is 0 Å². The maximum absolute atomic E-state index is 13.5. The fourth-order valence-corrected chi connectivity index (χ4v) is 4.31. The lowest BCUT2D eigenvalue weighted by Gasteiger charge is -2.32. The van der Waals surface area contributed by atoms with E-state index < -0.39 is 5.82 Å². The highest BCUT2D eigenvalue weighted by Gasteiger charge is 2.28. The van der Waals surface area contributed by atoms with Crippen molar-refractivity contribution in [1.82, 2.24) is 15.2 Å². The molecule has 0 spiro atoms. The van der Waals surface area contributed by atoms with Crippen molar-refractivity contribution in [2.75, 3.05) is 13.1 Å². The van der Waals surface area contributed by atoms with Gasteiger partial charge in [0.2, 0.25) is 5.91 Å². The number of piperidine rings is 1. The second kappa shape index (κ2) is 9.01. The Bertz CT molecular complexity index is 871. The van der Waals surface area contributed by atoms with Crippen molar-refractivity contribution < 1.29 is 14.0 Å². The minimum atomic E-state index is -0.477. The van der Waals surface area contributed by atoms with Gasteiger partial charge in [-0.1, -0.05) is 25.4 Å². The van der Waals surface area contributed by atoms with E-state index in [2.05, 4.69) is 10.3 Å². The van der Waals surface area contributed by atoms with Gasteiger partial charge in [-0.25, -0.2) is 9.37 Å². The van der Waals surface area contributed by atoms with E-state index in [4.69, 9.17) is 11.6 Å². The summed E-state index contributed by atoms with van der Waals surface area (Å²) < 4.78 is 13.5. The van der Waals surface area contributed by atoms with Crippen LogP contribution in [0.4, 0.5) is 4.39 Å². The van der Waals surface area contributed by atoms with Crippen LogP contribution in [-0.4, -0.2) is 34.8 Å². The molecule has 0 aliphatic carbocycles. The van der Waals surface area contributed by atoms with E-state index >= 15 is 0 Å². The molecule has 1 saturated heterocycles. The van der Waals surface area contributed by atoms with E-state index in [-0.39, 0.29) is 34.2 Å². The molecule has 1 aliphatic heterocycles. The summed E-state index contributed by atoms with van der Waals surface area (Å²) in [5, 5.41) is 6.02. The third kappa shape index (κ3) is 4.89. The highest BCUT2D eigenvalue weighted by atomic mass is 35.5. The van der Waals surface area contributed by atoms with Gasteiger partial charge in [0.05, 0.1) is 27.8 Å². The van der Waals surface area contributed by atoms with Gasteiger partial charge in [-0.2, -0.15) is 0 Å². The summed E-state index contributed by atoms with van der Waals surface area (Å²) >= 11 is 7.64. The van der Waals surface area contributed by atoms with E-state index in [0.29, 0.717) is 19.6 Å². The zero-order valence-electron chi connectivity index (χ0n) is 15.9. The van der Waals surface area contributed by atoms with Crippen LogP contribution in [0, 0.1) is 11.7 Å². The fraction of sp³-hybridized carbons (Fsp3) is 0.450. The molecule has 2 amide bonds. The lowest BCUT2D eigenvalue weighted by atomic mass is 9.98. The van der Waals surface area contributed by atoms with Crippen molar-refractivity contribution in [2.45, 2.75) is 39.2 Å². The van der Waals surface area contributed by atoms with Gasteiger partial charge in [0, 0.05) is 30.3 Å². The quantitative estimate of drug-likeness (QED) is 0.782. The molecule has 1 aromatic heterocycles. The Morgan fingerprint density at radius 3 is 2.96 bits per heavy atom. The van der Waals surface area contributed by atoms with Crippen molar-refractivity contribution in [1.29, 1.82) is 0 Å². The van der Waals surface area contributed by atoms with Gasteiger partial charge in [0.1, 0.15) is 5.82 Å². The molecular weight excluding hydrogens is 401 g/mol. The van der Waals surface area contributed by atoms with E-state index in [0.717, 1.165) is 23.5 Å². The third-order valence-corrected chi connectivity index (χ3v) is 6.14. The molecule has 2 heterocycles. The molecule has 1 aliphatic rings. The van der Waals surface area contributed by atoms with Crippen molar-refractivity contribution in [3.05, 3.63) is 50.7 Å². The molecule has 0 saturated carbocycles. The highest BCUT2D eigenvalue weighted by Crippen LogP contribution is 2.31. The number of halogens is 2. The summed E-state index contributed by atoms with van der Waals surface area (Å²) in [5.74, 6) is -0.671. The molecule has 1 N–H and O–H groups in total. The number of carbonyl (C=O) groups is 2. The van der Waals surface area contributed by atoms with Crippen LogP contribution < -0.4 is 5.32 Å². The molecule has 8 heteroatoms. The number of hydrogen-bond donors (Lipinski definition) is 1. The molecule has 28 heavy (non-hydrogen) atoms. The Morgan fingerprint density at radius 1 is 1.43 bits per heavy atom. The number of hydrogen-bond acceptors (Lipinski definition) is 4. The number of aromatic nitrogens is 1. The smallest absolute Gasteiger partial charge is 0.255 e. The minimum Gasteiger partial charge on any atom is -0.350 e. The first-order valence-electron chi connectivity index (χ1n) is 9.31. The van der Waals surface area contributed by atoms with Crippen molar-refractivity contribution >= 4 is 34.8 Å². The second-order valence-electron chi connectivity index (χ2n) is 7.26. The van der Waals surface area contributed by atoms with E-state index in [1.54, 1.807) is 16.2 Å². The van der Waals surface area contributed by atoms with E-state index in [9.17, 15) is 14.0 Å². The molecule has 0 bridgehead atoms. The van der Waals surface area contributed by atoms with Crippen LogP contribution >= 0.6 is 22.9 Å². The number of carbonyl (C=O) groups excluding carboxylic acids is 2. The summed E-state index contributed by atoms with van der Waals surface area (Å²) in [6.45, 7) is 5.24. The zero-order valence-corrected chi connectivity index (χ0v) is 17.4. The molecule has 1 atom stereocenters. The predicted octanol–water partition coefficient (Wildman–Crippen LogP) is 4.23. The third-order valence-electron chi connectivity index (χ3n) is 4.75. The Kier molecular flexibility index (Phi) is 6.67. The number of thiazole rings is 1. The molecule has 0 radical (unpaired) electrons. The maximum Gasteiger partial charge on any atom is 0.255 e. The van der Waals surface area contributed by atoms with Crippen LogP contribution in [0.15, 0.2) is 23.6 Å². The van der Waals surface area contributed by atoms with E-state index in [1.165, 1.54) is 18.2 Å². The SMILES string of the molecule is CC(C)C(=O)NCc1csc([C@H]2CCCN(C(=O)c3cc(F)ccc3Cl)C2)n1. The van der Waals surface area contributed by atoms with Crippen molar-refractivity contribution in [2.24, 2.45) is 5.92 Å². The second-order valence-corrected chi connectivity index (χ2v) is 8.56. The van der Waals surface area contributed by atoms with Gasteiger partial charge in [0.15, 0.2) is 0 Å². The molecule has 1 fully saturated rings. The van der Waals surface area contributed by atoms with Crippen LogP contribution in [0.3, 0.4) is 0 Å². The first-order chi connectivity index (χ1) is 13.3. The fourth-order valence-electron chi connectivity index (χ4n) is 3.17. The molecule has 0 unspecified atom stereocenters. The molecule has 3 rings (SSSR count). The van der Waals surface area contributed by atoms with Gasteiger partial charge >= 0.3 is 0 Å². The van der Waals surface area contributed by atoms with Crippen LogP contribution in [-0.2, 0) is 11.3 Å². The highest BCUT2D eigenvalue weighted by molar-refractivity contribution is 7.09. The number of rotatable bonds is 5. The van der Waals surface area contributed by atoms with Gasteiger partial charge in [-0.05, 0) is 31.0 Å². The monoisotopic (exact) mass is 423 g/mol. The molecule has 1 aromatic carbocycles. The van der Waals surface area contributed by atoms with Gasteiger partial charge in [-0.3, -0.25) is 9.59 Å². The summed E-state index contributed by atoms with van der Waals surface area (Å²) in [5.41, 5.74) is 1.02. The molecule has 2 aromatic rings. The Hall–Kier alpha value is -1.99. The number of amides is 2. The summed E-state index contributed by atoms with van der Waals surface area (Å²) in [6, 6.07) is 3.84. The first kappa shape index (κ1) is 20.7. The van der Waals surface area contributed by atoms with Gasteiger partial charge in [0.25, 0.3) is 5.91 Å². The maximum atomic E-state index is 13.5. The standard InChI is InChI=1S/C20H23ClFN3O2S/c1-12(2)18(26)23-9-15-11-28-19(24-15)13-4-3-7-25(10-13)20(27)16-8-14(22)5-6-17(16)21/h5-6,8,11-13H,3-4,7,9-10H2,1-2H3,(H,23,26)/t13-/m0/s1. The normalized spacial score (nSPS) is 17.0. The minimum absolute atomic E-state index is 0.00374. The summed E-state index contributed by atoms with van der Waals surface area (Å²) in [6.07, 6.45) is 1.79. The first-order valence-corrected chi connectivity index (χ1v) is 10.6. The van der Waals surface area contributed by atoms with E-state index in [1.807, 2.05) is 19.2 Å². The molecule has 150 valence electrons. The van der Waals surface area contributed by atoms with Crippen molar-refractivity contribution in [3.8, 4) is 0 Å². The van der Waals surface area contributed by atoms with Gasteiger partial charge in [-0.15, -0.1) is 11.3 Å². The Balaban J connectivity index is 1.66. The molecular formula is C20H23ClFN3O2S. The number of nitrogens with zero attached hydrogens (tertiary/aromatic N) is 2. The number of benzene rings is 1. The Labute approximate surface area is 172 Å². The van der Waals surface area contributed by atoms with Crippen LogP contribution in [0.5, 0.6) is 0 Å².